The van der Waals surface area contributed by atoms with Crippen molar-refractivity contribution >= 4 is 22.6 Å². The Bertz CT molecular complexity index is 766. The molecule has 0 spiro atoms. The van der Waals surface area contributed by atoms with E-state index < -0.39 is 34.1 Å². The molecule has 0 saturated carbocycles. The fourth-order valence-electron chi connectivity index (χ4n) is 3.38. The summed E-state index contributed by atoms with van der Waals surface area (Å²) in [7, 11) is -0.835. The molecule has 2 saturated heterocycles. The highest BCUT2D eigenvalue weighted by Crippen LogP contribution is 2.31. The minimum atomic E-state index is -0.835. The van der Waals surface area contributed by atoms with E-state index in [1.54, 1.807) is 30.6 Å². The van der Waals surface area contributed by atoms with Gasteiger partial charge in [-0.1, -0.05) is 0 Å². The maximum atomic E-state index is 14.4. The molecule has 162 valence electrons. The first kappa shape index (κ1) is 21.8. The lowest BCUT2D eigenvalue weighted by molar-refractivity contribution is 0.0240. The van der Waals surface area contributed by atoms with Crippen molar-refractivity contribution in [3.8, 4) is 5.75 Å². The predicted molar refractivity (Wildman–Crippen MR) is 108 cm³/mol. The maximum absolute atomic E-state index is 14.4. The van der Waals surface area contributed by atoms with Crippen LogP contribution in [0.15, 0.2) is 12.1 Å². The molecule has 1 aromatic rings. The summed E-state index contributed by atoms with van der Waals surface area (Å²) in [5, 5.41) is 0. The normalized spacial score (nSPS) is 23.1. The van der Waals surface area contributed by atoms with Crippen LogP contribution >= 0.6 is 0 Å². The summed E-state index contributed by atoms with van der Waals surface area (Å²) in [4.78, 5) is 15.5. The Labute approximate surface area is 172 Å². The van der Waals surface area contributed by atoms with E-state index >= 15 is 0 Å². The smallest absolute Gasteiger partial charge is 0.410 e. The van der Waals surface area contributed by atoms with Crippen LogP contribution in [-0.2, 0) is 15.5 Å². The van der Waals surface area contributed by atoms with E-state index in [2.05, 4.69) is 0 Å². The number of carbonyl (C=O) groups is 1. The van der Waals surface area contributed by atoms with Gasteiger partial charge in [-0.25, -0.2) is 13.6 Å². The number of piperazine rings is 1. The molecule has 29 heavy (non-hydrogen) atoms. The Hall–Kier alpha value is -1.90. The molecule has 2 fully saturated rings. The summed E-state index contributed by atoms with van der Waals surface area (Å²) in [6.45, 7) is 7.00. The van der Waals surface area contributed by atoms with Gasteiger partial charge in [-0.3, -0.25) is 4.21 Å². The van der Waals surface area contributed by atoms with Crippen molar-refractivity contribution in [1.82, 2.24) is 4.90 Å². The Morgan fingerprint density at radius 1 is 1.07 bits per heavy atom. The lowest BCUT2D eigenvalue weighted by atomic mass is 10.2. The van der Waals surface area contributed by atoms with Crippen molar-refractivity contribution in [1.29, 1.82) is 0 Å². The first-order valence-corrected chi connectivity index (χ1v) is 11.3. The van der Waals surface area contributed by atoms with Gasteiger partial charge in [0.2, 0.25) is 0 Å². The Kier molecular flexibility index (Phi) is 6.65. The quantitative estimate of drug-likeness (QED) is 0.736. The summed E-state index contributed by atoms with van der Waals surface area (Å²) in [6, 6.07) is 2.23. The number of nitrogens with zero attached hydrogens (tertiary/aromatic N) is 2. The highest BCUT2D eigenvalue weighted by atomic mass is 32.2. The Morgan fingerprint density at radius 3 is 2.28 bits per heavy atom. The van der Waals surface area contributed by atoms with Crippen molar-refractivity contribution < 1.29 is 27.3 Å². The van der Waals surface area contributed by atoms with E-state index in [-0.39, 0.29) is 17.5 Å². The molecule has 0 aromatic heterocycles. The van der Waals surface area contributed by atoms with Crippen LogP contribution in [0.3, 0.4) is 0 Å². The standard InChI is InChI=1S/C20H28F2N2O4S/c1-20(2,3)28-19(25)24-8-6-23(7-9-24)17-13-18(16(22)12-15(17)21)27-14-4-10-29(26)11-5-14/h12-14H,4-11H2,1-3H3. The number of ether oxygens (including phenoxy) is 2. The molecule has 2 aliphatic rings. The highest BCUT2D eigenvalue weighted by Gasteiger charge is 2.28. The molecule has 9 heteroatoms. The van der Waals surface area contributed by atoms with Gasteiger partial charge in [0.1, 0.15) is 17.5 Å². The number of hydrogen-bond acceptors (Lipinski definition) is 5. The van der Waals surface area contributed by atoms with Gasteiger partial charge in [-0.15, -0.1) is 0 Å². The van der Waals surface area contributed by atoms with Gasteiger partial charge in [-0.05, 0) is 33.6 Å². The molecule has 0 atom stereocenters. The maximum Gasteiger partial charge on any atom is 0.410 e. The van der Waals surface area contributed by atoms with Crippen LogP contribution in [0.4, 0.5) is 19.3 Å². The average Bonchev–Trinajstić information content (AvgIpc) is 2.64. The topological polar surface area (TPSA) is 59.1 Å². The van der Waals surface area contributed by atoms with Gasteiger partial charge in [-0.2, -0.15) is 0 Å². The molecule has 1 amide bonds. The lowest BCUT2D eigenvalue weighted by Crippen LogP contribution is -2.50. The molecule has 2 heterocycles. The number of amides is 1. The van der Waals surface area contributed by atoms with Crippen LogP contribution < -0.4 is 9.64 Å². The molecule has 3 rings (SSSR count). The number of halogens is 2. The van der Waals surface area contributed by atoms with Gasteiger partial charge in [0.05, 0.1) is 5.69 Å². The van der Waals surface area contributed by atoms with Gasteiger partial charge in [0, 0.05) is 60.6 Å². The summed E-state index contributed by atoms with van der Waals surface area (Å²) in [5.74, 6) is -0.329. The minimum Gasteiger partial charge on any atom is -0.487 e. The molecule has 2 aliphatic heterocycles. The van der Waals surface area contributed by atoms with Crippen LogP contribution in [0.2, 0.25) is 0 Å². The lowest BCUT2D eigenvalue weighted by Gasteiger charge is -2.37. The van der Waals surface area contributed by atoms with Crippen molar-refractivity contribution in [3.63, 3.8) is 0 Å². The summed E-state index contributed by atoms with van der Waals surface area (Å²) in [5.41, 5.74) is -0.320. The molecule has 0 unspecified atom stereocenters. The van der Waals surface area contributed by atoms with Crippen LogP contribution in [-0.4, -0.2) is 64.6 Å². The predicted octanol–water partition coefficient (Wildman–Crippen LogP) is 3.31. The van der Waals surface area contributed by atoms with E-state index in [1.807, 2.05) is 0 Å². The van der Waals surface area contributed by atoms with E-state index in [4.69, 9.17) is 9.47 Å². The van der Waals surface area contributed by atoms with Crippen molar-refractivity contribution in [3.05, 3.63) is 23.8 Å². The van der Waals surface area contributed by atoms with Crippen molar-refractivity contribution in [2.75, 3.05) is 42.6 Å². The molecule has 6 nitrogen and oxygen atoms in total. The van der Waals surface area contributed by atoms with Gasteiger partial charge < -0.3 is 19.3 Å². The van der Waals surface area contributed by atoms with E-state index in [0.717, 1.165) is 6.07 Å². The largest absolute Gasteiger partial charge is 0.487 e. The minimum absolute atomic E-state index is 0.00801. The van der Waals surface area contributed by atoms with E-state index in [1.165, 1.54) is 6.07 Å². The number of rotatable bonds is 3. The fraction of sp³-hybridized carbons (Fsp3) is 0.650. The third kappa shape index (κ3) is 5.81. The Balaban J connectivity index is 1.65. The zero-order chi connectivity index (χ0) is 21.2. The number of benzene rings is 1. The van der Waals surface area contributed by atoms with E-state index in [9.17, 15) is 17.8 Å². The van der Waals surface area contributed by atoms with Crippen LogP contribution in [0.5, 0.6) is 5.75 Å². The SMILES string of the molecule is CC(C)(C)OC(=O)N1CCN(c2cc(OC3CCS(=O)CC3)c(F)cc2F)CC1. The van der Waals surface area contributed by atoms with Gasteiger partial charge in [0.25, 0.3) is 0 Å². The second-order valence-corrected chi connectivity index (χ2v) is 10.0. The summed E-state index contributed by atoms with van der Waals surface area (Å²) >= 11 is 0. The van der Waals surface area contributed by atoms with Crippen LogP contribution in [0.25, 0.3) is 0 Å². The zero-order valence-corrected chi connectivity index (χ0v) is 17.9. The fourth-order valence-corrected chi connectivity index (χ4v) is 4.63. The molecular weight excluding hydrogens is 402 g/mol. The third-order valence-corrected chi connectivity index (χ3v) is 6.28. The highest BCUT2D eigenvalue weighted by molar-refractivity contribution is 7.85. The molecule has 0 radical (unpaired) electrons. The number of anilines is 1. The second-order valence-electron chi connectivity index (χ2n) is 8.35. The van der Waals surface area contributed by atoms with E-state index in [0.29, 0.717) is 50.5 Å². The average molecular weight is 431 g/mol. The van der Waals surface area contributed by atoms with Crippen molar-refractivity contribution in [2.45, 2.75) is 45.3 Å². The molecule has 0 bridgehead atoms. The molecular formula is C20H28F2N2O4S. The molecule has 0 aliphatic carbocycles. The molecule has 0 N–H and O–H groups in total. The van der Waals surface area contributed by atoms with Gasteiger partial charge in [0.15, 0.2) is 11.6 Å². The first-order chi connectivity index (χ1) is 13.6. The van der Waals surface area contributed by atoms with Crippen molar-refractivity contribution in [2.24, 2.45) is 0 Å². The summed E-state index contributed by atoms with van der Waals surface area (Å²) < 4.78 is 51.3. The first-order valence-electron chi connectivity index (χ1n) is 9.86. The zero-order valence-electron chi connectivity index (χ0n) is 17.1. The summed E-state index contributed by atoms with van der Waals surface area (Å²) in [6.07, 6.45) is 0.570. The van der Waals surface area contributed by atoms with Crippen LogP contribution in [0, 0.1) is 11.6 Å². The van der Waals surface area contributed by atoms with Gasteiger partial charge >= 0.3 is 6.09 Å². The monoisotopic (exact) mass is 430 g/mol. The third-order valence-electron chi connectivity index (χ3n) is 4.90. The second kappa shape index (κ2) is 8.85. The van der Waals surface area contributed by atoms with Crippen LogP contribution in [0.1, 0.15) is 33.6 Å². The Morgan fingerprint density at radius 2 is 1.69 bits per heavy atom. The molecule has 1 aromatic carbocycles. The number of carbonyl (C=O) groups excluding carboxylic acids is 1. The number of hydrogen-bond donors (Lipinski definition) is 0.